The minimum absolute atomic E-state index is 0.0572. The summed E-state index contributed by atoms with van der Waals surface area (Å²) in [6, 6.07) is 34.5. The standard InChI is InChI=1S/C34H19ClF3NS/c35-29-17-27(16-28(19-29)34(36,37)38)24-10-8-22-7-9-23(14-26(22)15-24)20-3-5-21(6-4-20)25-11-12-32-31(18-25)30-2-1-13-39-33(30)40-32/h1-19H. The molecule has 1 nitrogen and oxygen atoms in total. The lowest BCUT2D eigenvalue weighted by Gasteiger charge is -2.11. The number of fused-ring (bicyclic) bond motifs is 4. The van der Waals surface area contributed by atoms with Crippen molar-refractivity contribution in [3.63, 3.8) is 0 Å². The number of benzene rings is 5. The molecule has 7 aromatic rings. The lowest BCUT2D eigenvalue weighted by Crippen LogP contribution is -2.04. The molecule has 40 heavy (non-hydrogen) atoms. The number of nitrogens with zero attached hydrogens (tertiary/aromatic N) is 1. The number of halogens is 4. The van der Waals surface area contributed by atoms with E-state index >= 15 is 0 Å². The van der Waals surface area contributed by atoms with Crippen molar-refractivity contribution in [1.29, 1.82) is 0 Å². The number of rotatable bonds is 3. The van der Waals surface area contributed by atoms with Crippen LogP contribution in [0, 0.1) is 0 Å². The molecule has 0 aliphatic heterocycles. The van der Waals surface area contributed by atoms with E-state index in [2.05, 4.69) is 65.6 Å². The van der Waals surface area contributed by atoms with Crippen molar-refractivity contribution >= 4 is 54.0 Å². The Morgan fingerprint density at radius 3 is 1.90 bits per heavy atom. The van der Waals surface area contributed by atoms with Gasteiger partial charge in [0.1, 0.15) is 4.83 Å². The first-order chi connectivity index (χ1) is 19.3. The number of pyridine rings is 1. The lowest BCUT2D eigenvalue weighted by atomic mass is 9.95. The summed E-state index contributed by atoms with van der Waals surface area (Å²) in [5, 5.41) is 4.39. The predicted octanol–water partition coefficient (Wildman–Crippen LogP) is 11.3. The average Bonchev–Trinajstić information content (AvgIpc) is 3.34. The Morgan fingerprint density at radius 2 is 1.20 bits per heavy atom. The van der Waals surface area contributed by atoms with Gasteiger partial charge in [-0.1, -0.05) is 66.2 Å². The van der Waals surface area contributed by atoms with E-state index in [0.29, 0.717) is 11.1 Å². The van der Waals surface area contributed by atoms with Gasteiger partial charge in [0, 0.05) is 26.7 Å². The third-order valence-electron chi connectivity index (χ3n) is 7.20. The minimum atomic E-state index is -4.46. The number of alkyl halides is 3. The van der Waals surface area contributed by atoms with Crippen molar-refractivity contribution < 1.29 is 13.2 Å². The molecule has 7 rings (SSSR count). The summed E-state index contributed by atoms with van der Waals surface area (Å²) < 4.78 is 41.3. The van der Waals surface area contributed by atoms with Crippen molar-refractivity contribution in [2.24, 2.45) is 0 Å². The van der Waals surface area contributed by atoms with Crippen molar-refractivity contribution in [2.45, 2.75) is 6.18 Å². The highest BCUT2D eigenvalue weighted by Gasteiger charge is 2.31. The van der Waals surface area contributed by atoms with Gasteiger partial charge in [0.25, 0.3) is 0 Å². The van der Waals surface area contributed by atoms with Crippen molar-refractivity contribution in [2.75, 3.05) is 0 Å². The molecular weight excluding hydrogens is 547 g/mol. The maximum absolute atomic E-state index is 13.3. The molecule has 0 radical (unpaired) electrons. The highest BCUT2D eigenvalue weighted by molar-refractivity contribution is 7.25. The van der Waals surface area contributed by atoms with Gasteiger partial charge in [-0.15, -0.1) is 11.3 Å². The topological polar surface area (TPSA) is 12.9 Å². The van der Waals surface area contributed by atoms with Crippen LogP contribution in [-0.2, 0) is 6.18 Å². The molecule has 0 fully saturated rings. The van der Waals surface area contributed by atoms with Crippen LogP contribution in [0.25, 0.3) is 64.5 Å². The lowest BCUT2D eigenvalue weighted by molar-refractivity contribution is -0.137. The van der Waals surface area contributed by atoms with Crippen LogP contribution in [-0.4, -0.2) is 4.98 Å². The van der Waals surface area contributed by atoms with E-state index in [9.17, 15) is 13.2 Å². The van der Waals surface area contributed by atoms with E-state index in [1.54, 1.807) is 17.4 Å². The summed E-state index contributed by atoms with van der Waals surface area (Å²) in [6.07, 6.45) is -2.64. The first-order valence-corrected chi connectivity index (χ1v) is 13.8. The number of aromatic nitrogens is 1. The predicted molar refractivity (Wildman–Crippen MR) is 161 cm³/mol. The molecule has 0 spiro atoms. The molecule has 0 N–H and O–H groups in total. The second-order valence-corrected chi connectivity index (χ2v) is 11.2. The Kier molecular flexibility index (Phi) is 5.88. The molecule has 0 aliphatic rings. The van der Waals surface area contributed by atoms with E-state index in [1.165, 1.54) is 15.5 Å². The largest absolute Gasteiger partial charge is 0.416 e. The molecule has 0 atom stereocenters. The zero-order valence-corrected chi connectivity index (χ0v) is 22.4. The summed E-state index contributed by atoms with van der Waals surface area (Å²) in [5.74, 6) is 0. The van der Waals surface area contributed by atoms with Crippen LogP contribution in [0.1, 0.15) is 5.56 Å². The van der Waals surface area contributed by atoms with E-state index in [0.717, 1.165) is 50.0 Å². The van der Waals surface area contributed by atoms with Crippen LogP contribution in [0.3, 0.4) is 0 Å². The van der Waals surface area contributed by atoms with E-state index in [1.807, 2.05) is 36.5 Å². The summed E-state index contributed by atoms with van der Waals surface area (Å²) in [4.78, 5) is 5.54. The molecule has 6 heteroatoms. The van der Waals surface area contributed by atoms with Crippen LogP contribution in [0.5, 0.6) is 0 Å². The number of hydrogen-bond acceptors (Lipinski definition) is 2. The van der Waals surface area contributed by atoms with Crippen LogP contribution in [0.2, 0.25) is 5.02 Å². The Bertz CT molecular complexity index is 2060. The molecular formula is C34H19ClF3NS. The number of thiophene rings is 1. The highest BCUT2D eigenvalue weighted by atomic mass is 35.5. The number of hydrogen-bond donors (Lipinski definition) is 0. The average molecular weight is 566 g/mol. The molecule has 0 unspecified atom stereocenters. The summed E-state index contributed by atoms with van der Waals surface area (Å²) in [6.45, 7) is 0. The quantitative estimate of drug-likeness (QED) is 0.208. The van der Waals surface area contributed by atoms with Crippen molar-refractivity contribution in [3.05, 3.63) is 126 Å². The van der Waals surface area contributed by atoms with Gasteiger partial charge in [-0.25, -0.2) is 4.98 Å². The van der Waals surface area contributed by atoms with Crippen LogP contribution >= 0.6 is 22.9 Å². The van der Waals surface area contributed by atoms with Gasteiger partial charge in [0.05, 0.1) is 5.56 Å². The molecule has 0 bridgehead atoms. The fourth-order valence-corrected chi connectivity index (χ4v) is 6.43. The van der Waals surface area contributed by atoms with Gasteiger partial charge in [0.15, 0.2) is 0 Å². The fraction of sp³-hybridized carbons (Fsp3) is 0.0294. The Morgan fingerprint density at radius 1 is 0.575 bits per heavy atom. The minimum Gasteiger partial charge on any atom is -0.245 e. The smallest absolute Gasteiger partial charge is 0.245 e. The second-order valence-electron chi connectivity index (χ2n) is 9.75. The molecule has 2 aromatic heterocycles. The summed E-state index contributed by atoms with van der Waals surface area (Å²) in [5.41, 5.74) is 4.71. The highest BCUT2D eigenvalue weighted by Crippen LogP contribution is 2.37. The third kappa shape index (κ3) is 4.51. The van der Waals surface area contributed by atoms with Crippen molar-refractivity contribution in [3.8, 4) is 33.4 Å². The van der Waals surface area contributed by atoms with E-state index < -0.39 is 11.7 Å². The molecule has 5 aromatic carbocycles. The molecule has 0 saturated heterocycles. The van der Waals surface area contributed by atoms with Gasteiger partial charge >= 0.3 is 6.18 Å². The molecule has 2 heterocycles. The first kappa shape index (κ1) is 24.8. The summed E-state index contributed by atoms with van der Waals surface area (Å²) >= 11 is 7.73. The normalized spacial score (nSPS) is 12.0. The van der Waals surface area contributed by atoms with Crippen LogP contribution in [0.15, 0.2) is 115 Å². The Hall–Kier alpha value is -4.19. The van der Waals surface area contributed by atoms with Gasteiger partial charge < -0.3 is 0 Å². The van der Waals surface area contributed by atoms with E-state index in [4.69, 9.17) is 11.6 Å². The van der Waals surface area contributed by atoms with Crippen LogP contribution < -0.4 is 0 Å². The Labute approximate surface area is 237 Å². The zero-order valence-electron chi connectivity index (χ0n) is 20.8. The fourth-order valence-electron chi connectivity index (χ4n) is 5.17. The maximum Gasteiger partial charge on any atom is 0.416 e. The maximum atomic E-state index is 13.3. The van der Waals surface area contributed by atoms with Gasteiger partial charge in [-0.2, -0.15) is 13.2 Å². The SMILES string of the molecule is FC(F)(F)c1cc(Cl)cc(-c2ccc3ccc(-c4ccc(-c5ccc6sc7ncccc7c6c5)cc4)cc3c2)c1. The monoisotopic (exact) mass is 565 g/mol. The van der Waals surface area contributed by atoms with Gasteiger partial charge in [-0.05, 0) is 98.8 Å². The summed E-state index contributed by atoms with van der Waals surface area (Å²) in [7, 11) is 0. The molecule has 0 saturated carbocycles. The van der Waals surface area contributed by atoms with Crippen LogP contribution in [0.4, 0.5) is 13.2 Å². The first-order valence-electron chi connectivity index (χ1n) is 12.6. The third-order valence-corrected chi connectivity index (χ3v) is 8.51. The van der Waals surface area contributed by atoms with Gasteiger partial charge in [-0.3, -0.25) is 0 Å². The molecule has 0 aliphatic carbocycles. The molecule has 194 valence electrons. The zero-order chi connectivity index (χ0) is 27.4. The molecule has 0 amide bonds. The Balaban J connectivity index is 1.23. The van der Waals surface area contributed by atoms with E-state index in [-0.39, 0.29) is 5.02 Å². The second kappa shape index (κ2) is 9.47. The van der Waals surface area contributed by atoms with Crippen molar-refractivity contribution in [1.82, 2.24) is 4.98 Å². The van der Waals surface area contributed by atoms with Gasteiger partial charge in [0.2, 0.25) is 0 Å².